The maximum absolute atomic E-state index is 12.9. The van der Waals surface area contributed by atoms with Gasteiger partial charge in [-0.3, -0.25) is 4.79 Å². The second-order valence-corrected chi connectivity index (χ2v) is 7.31. The first kappa shape index (κ1) is 17.6. The first-order chi connectivity index (χ1) is 13.1. The van der Waals surface area contributed by atoms with Gasteiger partial charge in [-0.1, -0.05) is 43.3 Å². The average molecular weight is 359 g/mol. The van der Waals surface area contributed by atoms with E-state index in [9.17, 15) is 4.79 Å². The lowest BCUT2D eigenvalue weighted by Crippen LogP contribution is -2.32. The molecule has 0 radical (unpaired) electrons. The van der Waals surface area contributed by atoms with E-state index in [-0.39, 0.29) is 5.91 Å². The van der Waals surface area contributed by atoms with Crippen molar-refractivity contribution >= 4 is 22.4 Å². The Balaban J connectivity index is 1.60. The van der Waals surface area contributed by atoms with Gasteiger partial charge in [0.2, 0.25) is 0 Å². The molecule has 1 aliphatic carbocycles. The van der Waals surface area contributed by atoms with Crippen molar-refractivity contribution in [2.24, 2.45) is 0 Å². The number of nitrogens with one attached hydrogen (secondary N) is 1. The van der Waals surface area contributed by atoms with Crippen LogP contribution in [0.4, 0.5) is 5.69 Å². The van der Waals surface area contributed by atoms with Crippen LogP contribution in [0.2, 0.25) is 0 Å². The SMILES string of the molecule is CC[C@@H](Oc1cccc(C)c1C)C(=O)Nc1ccc2c3c(cccc13)CC2. The Kier molecular flexibility index (Phi) is 4.61. The second kappa shape index (κ2) is 7.07. The van der Waals surface area contributed by atoms with Gasteiger partial charge in [-0.05, 0) is 72.9 Å². The van der Waals surface area contributed by atoms with Gasteiger partial charge < -0.3 is 10.1 Å². The van der Waals surface area contributed by atoms with Crippen molar-refractivity contribution in [3.63, 3.8) is 0 Å². The molecular formula is C24H25NO2. The topological polar surface area (TPSA) is 38.3 Å². The van der Waals surface area contributed by atoms with Crippen LogP contribution in [0.5, 0.6) is 5.75 Å². The fourth-order valence-electron chi connectivity index (χ4n) is 3.90. The fraction of sp³-hybridized carbons (Fsp3) is 0.292. The minimum absolute atomic E-state index is 0.0999. The molecule has 0 bridgehead atoms. The number of benzene rings is 3. The molecule has 1 N–H and O–H groups in total. The molecule has 0 spiro atoms. The van der Waals surface area contributed by atoms with Gasteiger partial charge in [0.1, 0.15) is 5.75 Å². The van der Waals surface area contributed by atoms with Crippen LogP contribution in [0.1, 0.15) is 35.6 Å². The summed E-state index contributed by atoms with van der Waals surface area (Å²) in [6.45, 7) is 6.05. The van der Waals surface area contributed by atoms with Crippen molar-refractivity contribution in [1.82, 2.24) is 0 Å². The molecule has 0 aromatic heterocycles. The zero-order valence-corrected chi connectivity index (χ0v) is 16.1. The molecule has 0 fully saturated rings. The van der Waals surface area contributed by atoms with Crippen LogP contribution < -0.4 is 10.1 Å². The highest BCUT2D eigenvalue weighted by Gasteiger charge is 2.22. The lowest BCUT2D eigenvalue weighted by Gasteiger charge is -2.20. The number of ether oxygens (including phenoxy) is 1. The predicted molar refractivity (Wildman–Crippen MR) is 111 cm³/mol. The third-order valence-electron chi connectivity index (χ3n) is 5.62. The van der Waals surface area contributed by atoms with Gasteiger partial charge in [-0.15, -0.1) is 0 Å². The van der Waals surface area contributed by atoms with Crippen molar-refractivity contribution in [2.75, 3.05) is 5.32 Å². The fourth-order valence-corrected chi connectivity index (χ4v) is 3.90. The first-order valence-corrected chi connectivity index (χ1v) is 9.65. The van der Waals surface area contributed by atoms with Crippen LogP contribution in [-0.4, -0.2) is 12.0 Å². The Labute approximate surface area is 160 Å². The highest BCUT2D eigenvalue weighted by atomic mass is 16.5. The van der Waals surface area contributed by atoms with Gasteiger partial charge in [0, 0.05) is 11.1 Å². The quantitative estimate of drug-likeness (QED) is 0.667. The highest BCUT2D eigenvalue weighted by Crippen LogP contribution is 2.35. The van der Waals surface area contributed by atoms with E-state index >= 15 is 0 Å². The molecule has 0 saturated heterocycles. The van der Waals surface area contributed by atoms with E-state index in [2.05, 4.69) is 42.6 Å². The van der Waals surface area contributed by atoms with Crippen LogP contribution in [0.3, 0.4) is 0 Å². The Bertz CT molecular complexity index is 1010. The molecule has 1 aliphatic rings. The summed E-state index contributed by atoms with van der Waals surface area (Å²) in [6.07, 6.45) is 2.25. The number of hydrogen-bond donors (Lipinski definition) is 1. The smallest absolute Gasteiger partial charge is 0.265 e. The molecule has 1 atom stereocenters. The summed E-state index contributed by atoms with van der Waals surface area (Å²) in [7, 11) is 0. The molecule has 138 valence electrons. The molecule has 3 aromatic carbocycles. The highest BCUT2D eigenvalue weighted by molar-refractivity contribution is 6.06. The minimum Gasteiger partial charge on any atom is -0.480 e. The van der Waals surface area contributed by atoms with E-state index in [0.29, 0.717) is 6.42 Å². The molecule has 0 saturated carbocycles. The monoisotopic (exact) mass is 359 g/mol. The summed E-state index contributed by atoms with van der Waals surface area (Å²) in [6, 6.07) is 16.5. The van der Waals surface area contributed by atoms with Crippen LogP contribution >= 0.6 is 0 Å². The Morgan fingerprint density at radius 3 is 2.56 bits per heavy atom. The summed E-state index contributed by atoms with van der Waals surface area (Å²) < 4.78 is 6.07. The van der Waals surface area contributed by atoms with E-state index in [1.807, 2.05) is 32.0 Å². The molecule has 3 aromatic rings. The zero-order chi connectivity index (χ0) is 19.0. The zero-order valence-electron chi connectivity index (χ0n) is 16.1. The molecule has 1 amide bonds. The van der Waals surface area contributed by atoms with Gasteiger partial charge in [0.15, 0.2) is 6.10 Å². The molecule has 27 heavy (non-hydrogen) atoms. The number of carbonyl (C=O) groups is 1. The number of amides is 1. The standard InChI is InChI=1S/C24H25NO2/c1-4-21(27-22-10-5-7-15(2)16(22)3)24(26)25-20-14-13-18-12-11-17-8-6-9-19(20)23(17)18/h5-10,13-14,21H,4,11-12H2,1-3H3,(H,25,26)/t21-/m1/s1. The number of carbonyl (C=O) groups excluding carboxylic acids is 1. The van der Waals surface area contributed by atoms with Gasteiger partial charge in [-0.2, -0.15) is 0 Å². The molecule has 0 unspecified atom stereocenters. The maximum Gasteiger partial charge on any atom is 0.265 e. The predicted octanol–water partition coefficient (Wildman–Crippen LogP) is 5.35. The van der Waals surface area contributed by atoms with Crippen molar-refractivity contribution in [1.29, 1.82) is 0 Å². The van der Waals surface area contributed by atoms with E-state index in [1.165, 1.54) is 16.5 Å². The minimum atomic E-state index is -0.520. The third-order valence-corrected chi connectivity index (χ3v) is 5.62. The van der Waals surface area contributed by atoms with Crippen molar-refractivity contribution < 1.29 is 9.53 Å². The summed E-state index contributed by atoms with van der Waals surface area (Å²) in [4.78, 5) is 12.9. The summed E-state index contributed by atoms with van der Waals surface area (Å²) in [5.74, 6) is 0.675. The lowest BCUT2D eigenvalue weighted by atomic mass is 10.0. The molecular weight excluding hydrogens is 334 g/mol. The Morgan fingerprint density at radius 1 is 1.04 bits per heavy atom. The van der Waals surface area contributed by atoms with E-state index in [1.54, 1.807) is 0 Å². The number of aryl methyl sites for hydroxylation is 3. The molecule has 4 rings (SSSR count). The maximum atomic E-state index is 12.9. The Hall–Kier alpha value is -2.81. The van der Waals surface area contributed by atoms with Gasteiger partial charge in [-0.25, -0.2) is 0 Å². The average Bonchev–Trinajstić information content (AvgIpc) is 3.10. The van der Waals surface area contributed by atoms with Crippen LogP contribution in [-0.2, 0) is 17.6 Å². The Morgan fingerprint density at radius 2 is 1.78 bits per heavy atom. The molecule has 3 nitrogen and oxygen atoms in total. The van der Waals surface area contributed by atoms with Crippen LogP contribution in [0, 0.1) is 13.8 Å². The first-order valence-electron chi connectivity index (χ1n) is 9.65. The summed E-state index contributed by atoms with van der Waals surface area (Å²) in [5.41, 5.74) is 5.85. The summed E-state index contributed by atoms with van der Waals surface area (Å²) in [5, 5.41) is 5.54. The number of hydrogen-bond acceptors (Lipinski definition) is 2. The lowest BCUT2D eigenvalue weighted by molar-refractivity contribution is -0.122. The summed E-state index contributed by atoms with van der Waals surface area (Å²) >= 11 is 0. The number of anilines is 1. The largest absolute Gasteiger partial charge is 0.480 e. The van der Waals surface area contributed by atoms with E-state index in [0.717, 1.165) is 40.8 Å². The van der Waals surface area contributed by atoms with Crippen molar-refractivity contribution in [3.8, 4) is 5.75 Å². The molecule has 3 heteroatoms. The van der Waals surface area contributed by atoms with E-state index < -0.39 is 6.10 Å². The second-order valence-electron chi connectivity index (χ2n) is 7.31. The van der Waals surface area contributed by atoms with Gasteiger partial charge in [0.05, 0.1) is 0 Å². The number of rotatable bonds is 5. The molecule has 0 heterocycles. The van der Waals surface area contributed by atoms with Crippen molar-refractivity contribution in [2.45, 2.75) is 46.1 Å². The third kappa shape index (κ3) is 3.18. The van der Waals surface area contributed by atoms with Crippen LogP contribution in [0.25, 0.3) is 10.8 Å². The van der Waals surface area contributed by atoms with Gasteiger partial charge in [0.25, 0.3) is 5.91 Å². The normalized spacial score (nSPS) is 13.6. The van der Waals surface area contributed by atoms with Crippen LogP contribution in [0.15, 0.2) is 48.5 Å². The molecule has 0 aliphatic heterocycles. The van der Waals surface area contributed by atoms with E-state index in [4.69, 9.17) is 4.74 Å². The van der Waals surface area contributed by atoms with Crippen molar-refractivity contribution in [3.05, 3.63) is 70.8 Å². The van der Waals surface area contributed by atoms with Gasteiger partial charge >= 0.3 is 0 Å².